The second-order valence-electron chi connectivity index (χ2n) is 10.7. The Hall–Kier alpha value is -4.53. The van der Waals surface area contributed by atoms with Crippen molar-refractivity contribution in [3.63, 3.8) is 0 Å². The van der Waals surface area contributed by atoms with Crippen LogP contribution >= 0.6 is 0 Å². The fourth-order valence-electron chi connectivity index (χ4n) is 4.23. The van der Waals surface area contributed by atoms with Crippen molar-refractivity contribution in [1.82, 2.24) is 10.2 Å². The van der Waals surface area contributed by atoms with Crippen LogP contribution in [0.2, 0.25) is 0 Å². The summed E-state index contributed by atoms with van der Waals surface area (Å²) in [6, 6.07) is 16.1. The largest absolute Gasteiger partial charge is 0.508 e. The highest BCUT2D eigenvalue weighted by Gasteiger charge is 2.36. The number of ether oxygens (including phenoxy) is 1. The van der Waals surface area contributed by atoms with E-state index in [0.29, 0.717) is 16.8 Å². The SMILES string of the molecule is Cc1ccccc1NC(=O)C(c1cccc(C)c1O)N(C)C(=O)C(Cc1ccc(O)cc1)NC(=O)OC(C)(C)C. The molecule has 2 atom stereocenters. The van der Waals surface area contributed by atoms with Crippen molar-refractivity contribution in [2.24, 2.45) is 0 Å². The van der Waals surface area contributed by atoms with Gasteiger partial charge in [0.2, 0.25) is 5.91 Å². The number of alkyl carbamates (subject to hydrolysis) is 1. The molecular weight excluding hydrogens is 510 g/mol. The van der Waals surface area contributed by atoms with E-state index in [2.05, 4.69) is 10.6 Å². The maximum atomic E-state index is 14.0. The summed E-state index contributed by atoms with van der Waals surface area (Å²) in [5, 5.41) is 26.1. The number of hydrogen-bond acceptors (Lipinski definition) is 6. The lowest BCUT2D eigenvalue weighted by molar-refractivity contribution is -0.139. The van der Waals surface area contributed by atoms with Crippen LogP contribution in [0.4, 0.5) is 10.5 Å². The van der Waals surface area contributed by atoms with Gasteiger partial charge in [-0.3, -0.25) is 9.59 Å². The van der Waals surface area contributed by atoms with E-state index in [4.69, 9.17) is 4.74 Å². The number of aryl methyl sites for hydroxylation is 2. The Morgan fingerprint density at radius 3 is 2.15 bits per heavy atom. The number of nitrogens with one attached hydrogen (secondary N) is 2. The van der Waals surface area contributed by atoms with Crippen molar-refractivity contribution in [1.29, 1.82) is 0 Å². The van der Waals surface area contributed by atoms with E-state index >= 15 is 0 Å². The van der Waals surface area contributed by atoms with Crippen LogP contribution in [-0.2, 0) is 20.7 Å². The molecule has 40 heavy (non-hydrogen) atoms. The Bertz CT molecular complexity index is 1360. The summed E-state index contributed by atoms with van der Waals surface area (Å²) in [4.78, 5) is 41.7. The van der Waals surface area contributed by atoms with E-state index in [1.165, 1.54) is 24.1 Å². The van der Waals surface area contributed by atoms with Gasteiger partial charge < -0.3 is 30.5 Å². The third-order valence-electron chi connectivity index (χ3n) is 6.31. The highest BCUT2D eigenvalue weighted by atomic mass is 16.6. The van der Waals surface area contributed by atoms with Gasteiger partial charge in [-0.05, 0) is 69.5 Å². The first kappa shape index (κ1) is 30.0. The Balaban J connectivity index is 2.00. The molecule has 0 radical (unpaired) electrons. The van der Waals surface area contributed by atoms with Crippen LogP contribution in [0.25, 0.3) is 0 Å². The standard InChI is InChI=1S/C31H37N3O6/c1-19-10-7-8-13-24(19)32-28(37)26(23-12-9-11-20(2)27(23)36)34(6)29(38)25(33-30(39)40-31(3,4)5)18-21-14-16-22(35)17-15-21/h7-17,25-26,35-36H,18H2,1-6H3,(H,32,37)(H,33,39). The maximum absolute atomic E-state index is 14.0. The van der Waals surface area contributed by atoms with Crippen LogP contribution in [0.5, 0.6) is 11.5 Å². The maximum Gasteiger partial charge on any atom is 0.408 e. The number of aromatic hydroxyl groups is 2. The van der Waals surface area contributed by atoms with Crippen LogP contribution in [0.15, 0.2) is 66.7 Å². The van der Waals surface area contributed by atoms with E-state index in [-0.39, 0.29) is 23.5 Å². The molecule has 3 aromatic carbocycles. The van der Waals surface area contributed by atoms with Gasteiger partial charge in [-0.15, -0.1) is 0 Å². The van der Waals surface area contributed by atoms with Gasteiger partial charge >= 0.3 is 6.09 Å². The first-order valence-electron chi connectivity index (χ1n) is 13.0. The van der Waals surface area contributed by atoms with E-state index in [0.717, 1.165) is 5.56 Å². The second-order valence-corrected chi connectivity index (χ2v) is 10.7. The van der Waals surface area contributed by atoms with Crippen molar-refractivity contribution < 1.29 is 29.3 Å². The van der Waals surface area contributed by atoms with Crippen LogP contribution in [-0.4, -0.2) is 51.7 Å². The topological polar surface area (TPSA) is 128 Å². The number of phenolic OH excluding ortho intramolecular Hbond substituents is 2. The Labute approximate surface area is 234 Å². The number of anilines is 1. The number of para-hydroxylation sites is 2. The predicted molar refractivity (Wildman–Crippen MR) is 153 cm³/mol. The molecule has 0 heterocycles. The lowest BCUT2D eigenvalue weighted by Crippen LogP contribution is -2.52. The molecule has 3 amide bonds. The van der Waals surface area contributed by atoms with Gasteiger partial charge in [-0.25, -0.2) is 4.79 Å². The lowest BCUT2D eigenvalue weighted by atomic mass is 9.98. The minimum absolute atomic E-state index is 0.0618. The molecule has 0 aromatic heterocycles. The zero-order valence-corrected chi connectivity index (χ0v) is 23.7. The van der Waals surface area contributed by atoms with Crippen LogP contribution in [0, 0.1) is 13.8 Å². The quantitative estimate of drug-likeness (QED) is 0.315. The van der Waals surface area contributed by atoms with E-state index < -0.39 is 35.6 Å². The van der Waals surface area contributed by atoms with Crippen molar-refractivity contribution in [3.8, 4) is 11.5 Å². The molecule has 0 saturated carbocycles. The summed E-state index contributed by atoms with van der Waals surface area (Å²) in [5.41, 5.74) is 2.04. The third-order valence-corrected chi connectivity index (χ3v) is 6.31. The van der Waals surface area contributed by atoms with Crippen molar-refractivity contribution in [2.75, 3.05) is 12.4 Å². The molecule has 3 rings (SSSR count). The minimum atomic E-state index is -1.23. The number of nitrogens with zero attached hydrogens (tertiary/aromatic N) is 1. The van der Waals surface area contributed by atoms with E-state index in [1.54, 1.807) is 70.2 Å². The summed E-state index contributed by atoms with van der Waals surface area (Å²) >= 11 is 0. The number of phenols is 2. The molecule has 3 aromatic rings. The number of hydrogen-bond donors (Lipinski definition) is 4. The van der Waals surface area contributed by atoms with Crippen LogP contribution in [0.3, 0.4) is 0 Å². The summed E-state index contributed by atoms with van der Waals surface area (Å²) in [5.74, 6) is -1.16. The highest BCUT2D eigenvalue weighted by Crippen LogP contribution is 2.32. The van der Waals surface area contributed by atoms with Crippen molar-refractivity contribution in [2.45, 2.75) is 58.7 Å². The normalized spacial score (nSPS) is 12.7. The smallest absolute Gasteiger partial charge is 0.408 e. The monoisotopic (exact) mass is 547 g/mol. The Morgan fingerprint density at radius 2 is 1.52 bits per heavy atom. The van der Waals surface area contributed by atoms with E-state index in [1.807, 2.05) is 19.1 Å². The molecule has 0 fully saturated rings. The average Bonchev–Trinajstić information content (AvgIpc) is 2.87. The molecule has 0 aliphatic carbocycles. The molecule has 0 aliphatic heterocycles. The number of carbonyl (C=O) groups is 3. The van der Waals surface area contributed by atoms with Gasteiger partial charge in [-0.1, -0.05) is 48.5 Å². The summed E-state index contributed by atoms with van der Waals surface area (Å²) in [6.07, 6.45) is -0.730. The van der Waals surface area contributed by atoms with Gasteiger partial charge in [0.1, 0.15) is 29.2 Å². The molecule has 0 spiro atoms. The molecular formula is C31H37N3O6. The first-order valence-corrected chi connectivity index (χ1v) is 13.0. The molecule has 4 N–H and O–H groups in total. The van der Waals surface area contributed by atoms with Gasteiger partial charge in [-0.2, -0.15) is 0 Å². The molecule has 0 saturated heterocycles. The summed E-state index contributed by atoms with van der Waals surface area (Å²) < 4.78 is 5.39. The lowest BCUT2D eigenvalue weighted by Gasteiger charge is -2.32. The molecule has 0 bridgehead atoms. The molecule has 2 unspecified atom stereocenters. The Kier molecular flexibility index (Phi) is 9.42. The third kappa shape index (κ3) is 7.75. The van der Waals surface area contributed by atoms with Gasteiger partial charge in [0.25, 0.3) is 5.91 Å². The number of amides is 3. The number of benzene rings is 3. The van der Waals surface area contributed by atoms with E-state index in [9.17, 15) is 24.6 Å². The fourth-order valence-corrected chi connectivity index (χ4v) is 4.23. The van der Waals surface area contributed by atoms with Crippen LogP contribution in [0.1, 0.15) is 49.1 Å². The molecule has 0 aliphatic rings. The number of rotatable bonds is 8. The van der Waals surface area contributed by atoms with Crippen LogP contribution < -0.4 is 10.6 Å². The van der Waals surface area contributed by atoms with Gasteiger partial charge in [0.05, 0.1) is 0 Å². The highest BCUT2D eigenvalue weighted by molar-refractivity contribution is 5.99. The zero-order chi connectivity index (χ0) is 29.6. The fraction of sp³-hybridized carbons (Fsp3) is 0.323. The Morgan fingerprint density at radius 1 is 0.900 bits per heavy atom. The van der Waals surface area contributed by atoms with Gasteiger partial charge in [0, 0.05) is 24.7 Å². The predicted octanol–water partition coefficient (Wildman–Crippen LogP) is 4.99. The number of carbonyl (C=O) groups excluding carboxylic acids is 3. The number of likely N-dealkylation sites (N-methyl/N-ethyl adjacent to an activating group) is 1. The first-order chi connectivity index (χ1) is 18.8. The second kappa shape index (κ2) is 12.5. The summed E-state index contributed by atoms with van der Waals surface area (Å²) in [7, 11) is 1.45. The minimum Gasteiger partial charge on any atom is -0.508 e. The molecule has 9 nitrogen and oxygen atoms in total. The van der Waals surface area contributed by atoms with Gasteiger partial charge in [0.15, 0.2) is 0 Å². The molecule has 212 valence electrons. The van der Waals surface area contributed by atoms with Crippen molar-refractivity contribution in [3.05, 3.63) is 89.0 Å². The zero-order valence-electron chi connectivity index (χ0n) is 23.7. The molecule has 9 heteroatoms. The average molecular weight is 548 g/mol. The summed E-state index contributed by atoms with van der Waals surface area (Å²) in [6.45, 7) is 8.68. The van der Waals surface area contributed by atoms with Crippen molar-refractivity contribution >= 4 is 23.6 Å².